The molecule has 2 N–H and O–H groups in total. The Hall–Kier alpha value is -4.95. The minimum atomic E-state index is 0.00460. The summed E-state index contributed by atoms with van der Waals surface area (Å²) >= 11 is 12.8. The molecule has 6 aromatic rings. The van der Waals surface area contributed by atoms with Crippen molar-refractivity contribution in [3.8, 4) is 22.3 Å². The predicted molar refractivity (Wildman–Crippen MR) is 251 cm³/mol. The van der Waals surface area contributed by atoms with E-state index in [-0.39, 0.29) is 12.1 Å². The minimum absolute atomic E-state index is 0.00460. The third-order valence-electron chi connectivity index (χ3n) is 11.6. The number of nitrogens with one attached hydrogen (secondary N) is 2. The molecule has 2 saturated heterocycles. The molecule has 0 unspecified atom stereocenters. The van der Waals surface area contributed by atoms with Gasteiger partial charge in [-0.15, -0.1) is 0 Å². The van der Waals surface area contributed by atoms with E-state index in [0.29, 0.717) is 6.04 Å². The van der Waals surface area contributed by atoms with Gasteiger partial charge in [-0.05, 0) is 84.3 Å². The van der Waals surface area contributed by atoms with Crippen molar-refractivity contribution in [1.82, 2.24) is 25.3 Å². The van der Waals surface area contributed by atoms with E-state index < -0.39 is 0 Å². The zero-order valence-corrected chi connectivity index (χ0v) is 36.6. The number of hydrogen-bond acceptors (Lipinski definition) is 4. The zero-order valence-electron chi connectivity index (χ0n) is 35.1. The Morgan fingerprint density at radius 3 is 1.62 bits per heavy atom. The predicted octanol–water partition coefficient (Wildman–Crippen LogP) is 10.7. The zero-order chi connectivity index (χ0) is 41.8. The summed E-state index contributed by atoms with van der Waals surface area (Å²) in [6, 6.07) is 51.7. The largest absolute Gasteiger partial charge is 0.341 e. The van der Waals surface area contributed by atoms with Gasteiger partial charge in [0.25, 0.3) is 0 Å². The maximum absolute atomic E-state index is 12.4. The highest BCUT2D eigenvalue weighted by atomic mass is 35.5. The van der Waals surface area contributed by atoms with Crippen molar-refractivity contribution in [1.29, 1.82) is 0 Å². The molecule has 310 valence electrons. The van der Waals surface area contributed by atoms with E-state index in [2.05, 4.69) is 156 Å². The molecule has 2 aliphatic rings. The Labute approximate surface area is 367 Å². The first-order valence-electron chi connectivity index (χ1n) is 21.2. The van der Waals surface area contributed by atoms with Crippen LogP contribution in [0.4, 0.5) is 4.79 Å². The highest BCUT2D eigenvalue weighted by Crippen LogP contribution is 2.31. The molecule has 2 amide bonds. The molecule has 2 heterocycles. The number of urea groups is 1. The molecule has 2 fully saturated rings. The molecule has 0 radical (unpaired) electrons. The van der Waals surface area contributed by atoms with Gasteiger partial charge >= 0.3 is 6.03 Å². The first-order chi connectivity index (χ1) is 29.2. The van der Waals surface area contributed by atoms with Crippen LogP contribution in [-0.2, 0) is 25.9 Å². The topological polar surface area (TPSA) is 50.9 Å². The van der Waals surface area contributed by atoms with Crippen molar-refractivity contribution in [2.45, 2.75) is 51.9 Å². The SMILES string of the molecule is CNC(=O)N1CCN(Cc2ccc(-c3cc(C)ccc3Cl)cc2)C[C@@H]1Cc1ccccc1.Cc1ccc(Cl)c(-c2ccc(CN3CCN[C@@H](Cc4ccccc4)C3)cc2)c1. The fraction of sp³-hybridized carbons (Fsp3) is 0.288. The number of hydrogen-bond donors (Lipinski definition) is 2. The number of halogens is 2. The lowest BCUT2D eigenvalue weighted by Crippen LogP contribution is -2.57. The number of benzene rings is 6. The van der Waals surface area contributed by atoms with Crippen LogP contribution in [0.5, 0.6) is 0 Å². The fourth-order valence-corrected chi connectivity index (χ4v) is 8.88. The summed E-state index contributed by atoms with van der Waals surface area (Å²) in [5.74, 6) is 0. The molecule has 0 aromatic heterocycles. The summed E-state index contributed by atoms with van der Waals surface area (Å²) in [4.78, 5) is 19.4. The first kappa shape index (κ1) is 43.1. The van der Waals surface area contributed by atoms with Crippen LogP contribution in [-0.4, -0.2) is 79.1 Å². The number of carbonyl (C=O) groups excluding carboxylic acids is 1. The van der Waals surface area contributed by atoms with Gasteiger partial charge in [0.05, 0.1) is 6.04 Å². The van der Waals surface area contributed by atoms with E-state index in [1.807, 2.05) is 29.2 Å². The van der Waals surface area contributed by atoms with Crippen LogP contribution in [0.2, 0.25) is 10.0 Å². The van der Waals surface area contributed by atoms with Crippen LogP contribution < -0.4 is 10.6 Å². The second-order valence-electron chi connectivity index (χ2n) is 16.3. The van der Waals surface area contributed by atoms with Gasteiger partial charge in [-0.1, -0.05) is 156 Å². The van der Waals surface area contributed by atoms with E-state index in [4.69, 9.17) is 23.2 Å². The van der Waals surface area contributed by atoms with Crippen LogP contribution in [0.15, 0.2) is 146 Å². The molecular formula is C52H57Cl2N5O. The number of carbonyl (C=O) groups is 1. The van der Waals surface area contributed by atoms with Gasteiger partial charge in [-0.25, -0.2) is 4.79 Å². The van der Waals surface area contributed by atoms with Crippen molar-refractivity contribution >= 4 is 29.2 Å². The standard InChI is InChI=1S/C27H30ClN3O.C25H27ClN2/c1-20-8-13-26(28)25(16-20)23-11-9-22(10-12-23)18-30-14-15-31(27(32)29-2)24(19-30)17-21-6-4-3-5-7-21;1-19-7-12-25(26)24(15-19)22-10-8-21(9-11-22)17-28-14-13-27-23(18-28)16-20-5-3-2-4-6-20/h3-13,16,24H,14-15,17-19H2,1-2H3,(H,29,32);2-12,15,23,27H,13-14,16-18H2,1H3/t24-;23-/m00/s1. The highest BCUT2D eigenvalue weighted by molar-refractivity contribution is 6.33. The number of piperazine rings is 2. The Morgan fingerprint density at radius 1 is 0.600 bits per heavy atom. The summed E-state index contributed by atoms with van der Waals surface area (Å²) in [7, 11) is 1.70. The number of amides is 2. The van der Waals surface area contributed by atoms with E-state index in [9.17, 15) is 4.79 Å². The Morgan fingerprint density at radius 2 is 1.10 bits per heavy atom. The molecule has 60 heavy (non-hydrogen) atoms. The van der Waals surface area contributed by atoms with Crippen molar-refractivity contribution in [2.75, 3.05) is 46.3 Å². The molecule has 2 aliphatic heterocycles. The Balaban J connectivity index is 0.000000183. The normalized spacial score (nSPS) is 17.1. The third kappa shape index (κ3) is 11.9. The lowest BCUT2D eigenvalue weighted by atomic mass is 10.0. The summed E-state index contributed by atoms with van der Waals surface area (Å²) < 4.78 is 0. The molecule has 6 aromatic carbocycles. The van der Waals surface area contributed by atoms with Crippen LogP contribution in [0.25, 0.3) is 22.3 Å². The van der Waals surface area contributed by atoms with Crippen LogP contribution in [0, 0.1) is 13.8 Å². The van der Waals surface area contributed by atoms with Crippen LogP contribution in [0.1, 0.15) is 33.4 Å². The van der Waals surface area contributed by atoms with E-state index >= 15 is 0 Å². The van der Waals surface area contributed by atoms with Gasteiger partial charge in [-0.2, -0.15) is 0 Å². The van der Waals surface area contributed by atoms with E-state index in [1.54, 1.807) is 7.05 Å². The molecule has 6 nitrogen and oxygen atoms in total. The Bertz CT molecular complexity index is 2290. The average Bonchev–Trinajstić information content (AvgIpc) is 3.27. The molecule has 8 heteroatoms. The second kappa shape index (κ2) is 21.0. The van der Waals surface area contributed by atoms with Gasteiger partial charge < -0.3 is 15.5 Å². The van der Waals surface area contributed by atoms with Gasteiger partial charge in [0.1, 0.15) is 0 Å². The van der Waals surface area contributed by atoms with Gasteiger partial charge in [0.15, 0.2) is 0 Å². The lowest BCUT2D eigenvalue weighted by Gasteiger charge is -2.41. The second-order valence-corrected chi connectivity index (χ2v) is 17.1. The molecule has 8 rings (SSSR count). The van der Waals surface area contributed by atoms with E-state index in [1.165, 1.54) is 38.9 Å². The molecule has 0 bridgehead atoms. The van der Waals surface area contributed by atoms with Gasteiger partial charge in [0.2, 0.25) is 0 Å². The summed E-state index contributed by atoms with van der Waals surface area (Å²) in [6.45, 7) is 11.7. The average molecular weight is 839 g/mol. The summed E-state index contributed by atoms with van der Waals surface area (Å²) in [5.41, 5.74) is 12.2. The summed E-state index contributed by atoms with van der Waals surface area (Å²) in [5, 5.41) is 8.06. The lowest BCUT2D eigenvalue weighted by molar-refractivity contribution is 0.0906. The molecule has 0 spiro atoms. The van der Waals surface area contributed by atoms with Crippen molar-refractivity contribution in [3.05, 3.63) is 189 Å². The molecular weight excluding hydrogens is 782 g/mol. The Kier molecular flexibility index (Phi) is 15.1. The van der Waals surface area contributed by atoms with Crippen molar-refractivity contribution in [2.24, 2.45) is 0 Å². The third-order valence-corrected chi connectivity index (χ3v) is 12.3. The fourth-order valence-electron chi connectivity index (χ4n) is 8.42. The van der Waals surface area contributed by atoms with Crippen molar-refractivity contribution in [3.63, 3.8) is 0 Å². The molecule has 0 saturated carbocycles. The monoisotopic (exact) mass is 837 g/mol. The summed E-state index contributed by atoms with van der Waals surface area (Å²) in [6.07, 6.45) is 1.94. The smallest absolute Gasteiger partial charge is 0.317 e. The van der Waals surface area contributed by atoms with Gasteiger partial charge in [0, 0.05) is 86.6 Å². The maximum atomic E-state index is 12.4. The highest BCUT2D eigenvalue weighted by Gasteiger charge is 2.30. The van der Waals surface area contributed by atoms with E-state index in [0.717, 1.165) is 91.9 Å². The maximum Gasteiger partial charge on any atom is 0.317 e. The number of aryl methyl sites for hydroxylation is 2. The minimum Gasteiger partial charge on any atom is -0.341 e. The quantitative estimate of drug-likeness (QED) is 0.144. The van der Waals surface area contributed by atoms with Gasteiger partial charge in [-0.3, -0.25) is 9.80 Å². The van der Waals surface area contributed by atoms with Crippen LogP contribution in [0.3, 0.4) is 0 Å². The number of rotatable bonds is 10. The first-order valence-corrected chi connectivity index (χ1v) is 21.9. The molecule has 2 atom stereocenters. The van der Waals surface area contributed by atoms with Crippen LogP contribution >= 0.6 is 23.2 Å². The number of nitrogens with zero attached hydrogens (tertiary/aromatic N) is 3. The van der Waals surface area contributed by atoms with Crippen molar-refractivity contribution < 1.29 is 4.79 Å². The molecule has 0 aliphatic carbocycles.